The van der Waals surface area contributed by atoms with Gasteiger partial charge in [-0.1, -0.05) is 5.16 Å². The van der Waals surface area contributed by atoms with E-state index in [-0.39, 0.29) is 12.5 Å². The van der Waals surface area contributed by atoms with E-state index >= 15 is 0 Å². The molecule has 2 heterocycles. The molecule has 128 valence electrons. The lowest BCUT2D eigenvalue weighted by molar-refractivity contribution is -0.131. The molecule has 0 saturated heterocycles. The minimum Gasteiger partial charge on any atom is -0.452 e. The molecular weight excluding hydrogens is 330 g/mol. The van der Waals surface area contributed by atoms with Crippen LogP contribution in [-0.2, 0) is 15.3 Å². The number of hydrogen-bond donors (Lipinski definition) is 0. The first-order chi connectivity index (χ1) is 11.4. The Morgan fingerprint density at radius 2 is 2.08 bits per heavy atom. The predicted molar refractivity (Wildman–Crippen MR) is 88.8 cm³/mol. The van der Waals surface area contributed by atoms with E-state index in [1.165, 1.54) is 16.7 Å². The van der Waals surface area contributed by atoms with E-state index in [2.05, 4.69) is 10.1 Å². The SMILES string of the molecule is Cc1noc(C)c1CSc1ncccc1C(=O)OCC(=O)N(C)C. The first-order valence-corrected chi connectivity index (χ1v) is 8.25. The number of rotatable bonds is 6. The summed E-state index contributed by atoms with van der Waals surface area (Å²) in [5, 5.41) is 4.45. The fourth-order valence-corrected chi connectivity index (χ4v) is 2.98. The van der Waals surface area contributed by atoms with Crippen LogP contribution in [0.15, 0.2) is 27.9 Å². The number of nitrogens with zero attached hydrogens (tertiary/aromatic N) is 3. The summed E-state index contributed by atoms with van der Waals surface area (Å²) in [4.78, 5) is 29.3. The lowest BCUT2D eigenvalue weighted by atomic mass is 10.2. The Kier molecular flexibility index (Phi) is 5.97. The average Bonchev–Trinajstić information content (AvgIpc) is 2.88. The number of likely N-dealkylation sites (N-methyl/N-ethyl adjacent to an activating group) is 1. The number of carbonyl (C=O) groups is 2. The smallest absolute Gasteiger partial charge is 0.341 e. The van der Waals surface area contributed by atoms with Gasteiger partial charge in [0, 0.05) is 31.6 Å². The number of hydrogen-bond acceptors (Lipinski definition) is 7. The standard InChI is InChI=1S/C16H19N3O4S/c1-10-13(11(2)23-18-10)9-24-15-12(6-5-7-17-15)16(21)22-8-14(20)19(3)4/h5-7H,8-9H2,1-4H3. The molecule has 2 rings (SSSR count). The lowest BCUT2D eigenvalue weighted by Crippen LogP contribution is -2.27. The van der Waals surface area contributed by atoms with Crippen molar-refractivity contribution in [2.45, 2.75) is 24.6 Å². The Bertz CT molecular complexity index is 723. The van der Waals surface area contributed by atoms with Gasteiger partial charge in [-0.3, -0.25) is 4.79 Å². The van der Waals surface area contributed by atoms with Crippen molar-refractivity contribution in [3.8, 4) is 0 Å². The third kappa shape index (κ3) is 4.35. The van der Waals surface area contributed by atoms with Gasteiger partial charge in [-0.25, -0.2) is 9.78 Å². The van der Waals surface area contributed by atoms with Gasteiger partial charge in [0.05, 0.1) is 11.3 Å². The molecule has 0 N–H and O–H groups in total. The van der Waals surface area contributed by atoms with Crippen LogP contribution in [0.1, 0.15) is 27.4 Å². The van der Waals surface area contributed by atoms with Crippen LogP contribution in [0.4, 0.5) is 0 Å². The van der Waals surface area contributed by atoms with Crippen molar-refractivity contribution in [3.63, 3.8) is 0 Å². The summed E-state index contributed by atoms with van der Waals surface area (Å²) in [5.74, 6) is 0.475. The van der Waals surface area contributed by atoms with Gasteiger partial charge >= 0.3 is 5.97 Å². The van der Waals surface area contributed by atoms with Crippen LogP contribution in [0.5, 0.6) is 0 Å². The molecule has 0 fully saturated rings. The number of carbonyl (C=O) groups excluding carboxylic acids is 2. The molecule has 0 aliphatic heterocycles. The summed E-state index contributed by atoms with van der Waals surface area (Å²) < 4.78 is 10.2. The lowest BCUT2D eigenvalue weighted by Gasteiger charge is -2.11. The van der Waals surface area contributed by atoms with Crippen LogP contribution in [-0.4, -0.2) is 47.6 Å². The second kappa shape index (κ2) is 7.96. The summed E-state index contributed by atoms with van der Waals surface area (Å²) in [6.45, 7) is 3.41. The zero-order chi connectivity index (χ0) is 17.7. The topological polar surface area (TPSA) is 85.5 Å². The van der Waals surface area contributed by atoms with Crippen molar-refractivity contribution in [1.82, 2.24) is 15.0 Å². The molecule has 2 aromatic rings. The summed E-state index contributed by atoms with van der Waals surface area (Å²) in [5.41, 5.74) is 2.13. The minimum absolute atomic E-state index is 0.280. The maximum absolute atomic E-state index is 12.2. The van der Waals surface area contributed by atoms with E-state index in [0.29, 0.717) is 16.3 Å². The molecule has 2 aromatic heterocycles. The fraction of sp³-hybridized carbons (Fsp3) is 0.375. The first kappa shape index (κ1) is 18.0. The molecular formula is C16H19N3O4S. The van der Waals surface area contributed by atoms with Gasteiger partial charge in [0.15, 0.2) is 6.61 Å². The van der Waals surface area contributed by atoms with E-state index in [4.69, 9.17) is 9.26 Å². The molecule has 0 radical (unpaired) electrons. The van der Waals surface area contributed by atoms with Crippen LogP contribution in [0.25, 0.3) is 0 Å². The van der Waals surface area contributed by atoms with Crippen molar-refractivity contribution in [2.24, 2.45) is 0 Å². The van der Waals surface area contributed by atoms with E-state index in [9.17, 15) is 9.59 Å². The number of aryl methyl sites for hydroxylation is 2. The molecule has 0 aliphatic rings. The number of ether oxygens (including phenoxy) is 1. The molecule has 24 heavy (non-hydrogen) atoms. The third-order valence-corrected chi connectivity index (χ3v) is 4.38. The van der Waals surface area contributed by atoms with E-state index in [0.717, 1.165) is 17.0 Å². The zero-order valence-corrected chi connectivity index (χ0v) is 14.8. The van der Waals surface area contributed by atoms with Crippen molar-refractivity contribution in [2.75, 3.05) is 20.7 Å². The Morgan fingerprint density at radius 1 is 1.33 bits per heavy atom. The van der Waals surface area contributed by atoms with Crippen molar-refractivity contribution < 1.29 is 18.8 Å². The molecule has 8 heteroatoms. The second-order valence-electron chi connectivity index (χ2n) is 5.31. The molecule has 1 amide bonds. The van der Waals surface area contributed by atoms with Crippen LogP contribution in [0, 0.1) is 13.8 Å². The molecule has 0 aromatic carbocycles. The Morgan fingerprint density at radius 3 is 2.71 bits per heavy atom. The largest absolute Gasteiger partial charge is 0.452 e. The monoisotopic (exact) mass is 349 g/mol. The maximum atomic E-state index is 12.2. The number of esters is 1. The van der Waals surface area contributed by atoms with Gasteiger partial charge in [0.1, 0.15) is 10.8 Å². The van der Waals surface area contributed by atoms with Gasteiger partial charge in [-0.15, -0.1) is 11.8 Å². The molecule has 0 unspecified atom stereocenters. The van der Waals surface area contributed by atoms with E-state index in [1.54, 1.807) is 32.4 Å². The predicted octanol–water partition coefficient (Wildman–Crippen LogP) is 2.22. The molecule has 0 bridgehead atoms. The van der Waals surface area contributed by atoms with E-state index in [1.807, 2.05) is 13.8 Å². The van der Waals surface area contributed by atoms with Gasteiger partial charge in [0.2, 0.25) is 0 Å². The second-order valence-corrected chi connectivity index (χ2v) is 6.28. The highest BCUT2D eigenvalue weighted by atomic mass is 32.2. The molecule has 0 saturated carbocycles. The van der Waals surface area contributed by atoms with Crippen molar-refractivity contribution in [1.29, 1.82) is 0 Å². The van der Waals surface area contributed by atoms with Gasteiger partial charge in [-0.2, -0.15) is 0 Å². The molecule has 0 aliphatic carbocycles. The highest BCUT2D eigenvalue weighted by Gasteiger charge is 2.18. The highest BCUT2D eigenvalue weighted by molar-refractivity contribution is 7.98. The number of thioether (sulfide) groups is 1. The molecule has 7 nitrogen and oxygen atoms in total. The normalized spacial score (nSPS) is 10.5. The minimum atomic E-state index is -0.570. The van der Waals surface area contributed by atoms with Crippen LogP contribution < -0.4 is 0 Å². The fourth-order valence-electron chi connectivity index (χ4n) is 1.84. The summed E-state index contributed by atoms with van der Waals surface area (Å²) >= 11 is 1.39. The van der Waals surface area contributed by atoms with Crippen molar-refractivity contribution >= 4 is 23.6 Å². The summed E-state index contributed by atoms with van der Waals surface area (Å²) in [6, 6.07) is 3.29. The first-order valence-electron chi connectivity index (χ1n) is 7.27. The molecule has 0 spiro atoms. The molecule has 0 atom stereocenters. The average molecular weight is 349 g/mol. The third-order valence-electron chi connectivity index (χ3n) is 3.35. The number of pyridine rings is 1. The van der Waals surface area contributed by atoms with Gasteiger partial charge < -0.3 is 14.2 Å². The Labute approximate surface area is 144 Å². The zero-order valence-electron chi connectivity index (χ0n) is 14.0. The quantitative estimate of drug-likeness (QED) is 0.584. The van der Waals surface area contributed by atoms with Crippen LogP contribution >= 0.6 is 11.8 Å². The van der Waals surface area contributed by atoms with E-state index < -0.39 is 5.97 Å². The van der Waals surface area contributed by atoms with Gasteiger partial charge in [-0.05, 0) is 26.0 Å². The number of aromatic nitrogens is 2. The summed E-state index contributed by atoms with van der Waals surface area (Å²) in [7, 11) is 3.20. The Hall–Kier alpha value is -2.35. The highest BCUT2D eigenvalue weighted by Crippen LogP contribution is 2.27. The van der Waals surface area contributed by atoms with Crippen LogP contribution in [0.2, 0.25) is 0 Å². The Balaban J connectivity index is 2.07. The van der Waals surface area contributed by atoms with Gasteiger partial charge in [0.25, 0.3) is 5.91 Å². The van der Waals surface area contributed by atoms with Crippen molar-refractivity contribution in [3.05, 3.63) is 40.9 Å². The maximum Gasteiger partial charge on any atom is 0.341 e. The summed E-state index contributed by atoms with van der Waals surface area (Å²) in [6.07, 6.45) is 1.61. The number of amides is 1. The van der Waals surface area contributed by atoms with Crippen LogP contribution in [0.3, 0.4) is 0 Å².